The van der Waals surface area contributed by atoms with Crippen LogP contribution in [0.4, 0.5) is 0 Å². The molecule has 2 saturated heterocycles. The standard InChI is InChI=1S/C25H32Cl2N2/c26-24-9-8-22(18-25(24)27)23-7-4-12-29(19-23)16-15-28-13-10-21(11-14-28)17-20-5-2-1-3-6-20/h1-3,5-6,8-9,18,21,23H,4,7,10-17,19H2. The van der Waals surface area contributed by atoms with E-state index in [4.69, 9.17) is 23.2 Å². The van der Waals surface area contributed by atoms with Gasteiger partial charge in [0.15, 0.2) is 0 Å². The van der Waals surface area contributed by atoms with Crippen LogP contribution in [0, 0.1) is 5.92 Å². The first kappa shape index (κ1) is 21.2. The zero-order valence-electron chi connectivity index (χ0n) is 17.2. The van der Waals surface area contributed by atoms with Crippen LogP contribution in [0.15, 0.2) is 48.5 Å². The molecule has 2 fully saturated rings. The molecule has 0 bridgehead atoms. The van der Waals surface area contributed by atoms with Gasteiger partial charge in [-0.15, -0.1) is 0 Å². The fraction of sp³-hybridized carbons (Fsp3) is 0.520. The highest BCUT2D eigenvalue weighted by atomic mass is 35.5. The van der Waals surface area contributed by atoms with Crippen molar-refractivity contribution in [1.82, 2.24) is 9.80 Å². The van der Waals surface area contributed by atoms with Gasteiger partial charge in [-0.2, -0.15) is 0 Å². The van der Waals surface area contributed by atoms with Crippen molar-refractivity contribution >= 4 is 23.2 Å². The van der Waals surface area contributed by atoms with E-state index in [0.29, 0.717) is 16.0 Å². The molecule has 0 spiro atoms. The Morgan fingerprint density at radius 3 is 2.31 bits per heavy atom. The summed E-state index contributed by atoms with van der Waals surface area (Å²) in [5.74, 6) is 1.43. The van der Waals surface area contributed by atoms with E-state index in [1.807, 2.05) is 6.07 Å². The number of rotatable bonds is 6. The highest BCUT2D eigenvalue weighted by molar-refractivity contribution is 6.42. The lowest BCUT2D eigenvalue weighted by molar-refractivity contribution is 0.139. The third-order valence-electron chi connectivity index (χ3n) is 6.73. The van der Waals surface area contributed by atoms with Crippen molar-refractivity contribution in [2.45, 2.75) is 38.0 Å². The molecule has 4 heteroatoms. The zero-order chi connectivity index (χ0) is 20.1. The maximum atomic E-state index is 6.24. The van der Waals surface area contributed by atoms with Gasteiger partial charge in [-0.25, -0.2) is 0 Å². The Morgan fingerprint density at radius 2 is 1.55 bits per heavy atom. The molecule has 0 N–H and O–H groups in total. The first-order valence-corrected chi connectivity index (χ1v) is 11.9. The van der Waals surface area contributed by atoms with Crippen molar-refractivity contribution in [1.29, 1.82) is 0 Å². The Labute approximate surface area is 185 Å². The molecule has 1 atom stereocenters. The Bertz CT molecular complexity index is 772. The van der Waals surface area contributed by atoms with Gasteiger partial charge in [0.2, 0.25) is 0 Å². The van der Waals surface area contributed by atoms with E-state index in [-0.39, 0.29) is 0 Å². The molecule has 2 heterocycles. The van der Waals surface area contributed by atoms with Crippen LogP contribution in [0.25, 0.3) is 0 Å². The van der Waals surface area contributed by atoms with Gasteiger partial charge in [0.1, 0.15) is 0 Å². The molecule has 2 aromatic carbocycles. The summed E-state index contributed by atoms with van der Waals surface area (Å²) >= 11 is 12.3. The number of likely N-dealkylation sites (tertiary alicyclic amines) is 2. The van der Waals surface area contributed by atoms with Gasteiger partial charge in [-0.1, -0.05) is 59.6 Å². The number of halogens is 2. The predicted octanol–water partition coefficient (Wildman–Crippen LogP) is 6.13. The second kappa shape index (κ2) is 10.3. The molecule has 0 radical (unpaired) electrons. The second-order valence-corrected chi connectivity index (χ2v) is 9.60. The van der Waals surface area contributed by atoms with E-state index in [1.54, 1.807) is 0 Å². The van der Waals surface area contributed by atoms with E-state index in [9.17, 15) is 0 Å². The fourth-order valence-corrected chi connectivity index (χ4v) is 5.25. The maximum Gasteiger partial charge on any atom is 0.0595 e. The van der Waals surface area contributed by atoms with Crippen molar-refractivity contribution in [3.8, 4) is 0 Å². The Balaban J connectivity index is 1.21. The van der Waals surface area contributed by atoms with Crippen molar-refractivity contribution < 1.29 is 0 Å². The topological polar surface area (TPSA) is 6.48 Å². The first-order chi connectivity index (χ1) is 14.2. The molecular weight excluding hydrogens is 399 g/mol. The lowest BCUT2D eigenvalue weighted by Gasteiger charge is -2.36. The summed E-state index contributed by atoms with van der Waals surface area (Å²) in [6.07, 6.45) is 6.43. The third kappa shape index (κ3) is 5.98. The largest absolute Gasteiger partial charge is 0.302 e. The van der Waals surface area contributed by atoms with Gasteiger partial charge in [0.05, 0.1) is 10.0 Å². The summed E-state index contributed by atoms with van der Waals surface area (Å²) < 4.78 is 0. The normalized spacial score (nSPS) is 22.1. The molecule has 0 amide bonds. The SMILES string of the molecule is Clc1ccc(C2CCCN(CCN3CCC(Cc4ccccc4)CC3)C2)cc1Cl. The van der Waals surface area contributed by atoms with Crippen LogP contribution in [-0.2, 0) is 6.42 Å². The lowest BCUT2D eigenvalue weighted by atomic mass is 9.90. The molecule has 0 aromatic heterocycles. The molecule has 2 aromatic rings. The third-order valence-corrected chi connectivity index (χ3v) is 7.47. The van der Waals surface area contributed by atoms with Crippen LogP contribution in [0.1, 0.15) is 42.7 Å². The molecule has 2 aliphatic heterocycles. The highest BCUT2D eigenvalue weighted by Crippen LogP contribution is 2.31. The van der Waals surface area contributed by atoms with E-state index in [0.717, 1.165) is 12.5 Å². The Morgan fingerprint density at radius 1 is 0.793 bits per heavy atom. The van der Waals surface area contributed by atoms with E-state index in [2.05, 4.69) is 52.3 Å². The summed E-state index contributed by atoms with van der Waals surface area (Å²) in [6.45, 7) is 7.25. The van der Waals surface area contributed by atoms with Crippen molar-refractivity contribution in [2.75, 3.05) is 39.3 Å². The average molecular weight is 431 g/mol. The lowest BCUT2D eigenvalue weighted by Crippen LogP contribution is -2.42. The average Bonchev–Trinajstić information content (AvgIpc) is 2.76. The summed E-state index contributed by atoms with van der Waals surface area (Å²) in [5, 5.41) is 1.33. The van der Waals surface area contributed by atoms with Gasteiger partial charge in [0.25, 0.3) is 0 Å². The van der Waals surface area contributed by atoms with Gasteiger partial charge >= 0.3 is 0 Å². The summed E-state index contributed by atoms with van der Waals surface area (Å²) in [4.78, 5) is 5.32. The number of benzene rings is 2. The van der Waals surface area contributed by atoms with Crippen molar-refractivity contribution in [3.05, 3.63) is 69.7 Å². The van der Waals surface area contributed by atoms with Gasteiger partial charge < -0.3 is 9.80 Å². The molecule has 0 saturated carbocycles. The fourth-order valence-electron chi connectivity index (χ4n) is 4.94. The number of nitrogens with zero attached hydrogens (tertiary/aromatic N) is 2. The maximum absolute atomic E-state index is 6.24. The monoisotopic (exact) mass is 430 g/mol. The molecule has 2 nitrogen and oxygen atoms in total. The minimum Gasteiger partial charge on any atom is -0.302 e. The predicted molar refractivity (Wildman–Crippen MR) is 124 cm³/mol. The Hall–Kier alpha value is -1.06. The van der Waals surface area contributed by atoms with Crippen LogP contribution in [0.3, 0.4) is 0 Å². The van der Waals surface area contributed by atoms with E-state index in [1.165, 1.54) is 76.0 Å². The molecular formula is C25H32Cl2N2. The van der Waals surface area contributed by atoms with Gasteiger partial charge in [0, 0.05) is 19.6 Å². The van der Waals surface area contributed by atoms with Gasteiger partial charge in [-0.3, -0.25) is 0 Å². The van der Waals surface area contributed by atoms with E-state index < -0.39 is 0 Å². The molecule has 1 unspecified atom stereocenters. The number of hydrogen-bond donors (Lipinski definition) is 0. The van der Waals surface area contributed by atoms with E-state index >= 15 is 0 Å². The van der Waals surface area contributed by atoms with Crippen LogP contribution < -0.4 is 0 Å². The molecule has 156 valence electrons. The minimum absolute atomic E-state index is 0.579. The van der Waals surface area contributed by atoms with Crippen molar-refractivity contribution in [2.24, 2.45) is 5.92 Å². The minimum atomic E-state index is 0.579. The second-order valence-electron chi connectivity index (χ2n) is 8.79. The van der Waals surface area contributed by atoms with Crippen molar-refractivity contribution in [3.63, 3.8) is 0 Å². The number of piperidine rings is 2. The molecule has 0 aliphatic carbocycles. The van der Waals surface area contributed by atoms with Crippen LogP contribution in [0.5, 0.6) is 0 Å². The van der Waals surface area contributed by atoms with Crippen LogP contribution in [-0.4, -0.2) is 49.1 Å². The summed E-state index contributed by atoms with van der Waals surface area (Å²) in [7, 11) is 0. The van der Waals surface area contributed by atoms with Gasteiger partial charge in [-0.05, 0) is 86.8 Å². The molecule has 2 aliphatic rings. The quantitative estimate of drug-likeness (QED) is 0.543. The number of hydrogen-bond acceptors (Lipinski definition) is 2. The van der Waals surface area contributed by atoms with Crippen LogP contribution in [0.2, 0.25) is 10.0 Å². The molecule has 29 heavy (non-hydrogen) atoms. The summed E-state index contributed by atoms with van der Waals surface area (Å²) in [5.41, 5.74) is 2.83. The first-order valence-electron chi connectivity index (χ1n) is 11.1. The molecule has 4 rings (SSSR count). The smallest absolute Gasteiger partial charge is 0.0595 e. The zero-order valence-corrected chi connectivity index (χ0v) is 18.7. The van der Waals surface area contributed by atoms with Crippen LogP contribution >= 0.6 is 23.2 Å². The summed E-state index contributed by atoms with van der Waals surface area (Å²) in [6, 6.07) is 17.1. The Kier molecular flexibility index (Phi) is 7.53. The highest BCUT2D eigenvalue weighted by Gasteiger charge is 2.24.